The van der Waals surface area contributed by atoms with Gasteiger partial charge in [0.15, 0.2) is 0 Å². The van der Waals surface area contributed by atoms with Gasteiger partial charge < -0.3 is 21.5 Å². The molecule has 0 aliphatic rings. The molecule has 3 rings (SSSR count). The van der Waals surface area contributed by atoms with Crippen molar-refractivity contribution in [2.45, 2.75) is 27.0 Å². The molecule has 0 atom stereocenters. The molecule has 0 radical (unpaired) electrons. The van der Waals surface area contributed by atoms with E-state index in [9.17, 15) is 8.78 Å². The summed E-state index contributed by atoms with van der Waals surface area (Å²) in [4.78, 5) is 4.36. The lowest BCUT2D eigenvalue weighted by Gasteiger charge is -2.16. The summed E-state index contributed by atoms with van der Waals surface area (Å²) in [7, 11) is 0. The maximum absolute atomic E-state index is 14.3. The largest absolute Gasteiger partial charge is 0.487 e. The highest BCUT2D eigenvalue weighted by Crippen LogP contribution is 2.27. The van der Waals surface area contributed by atoms with Gasteiger partial charge in [0.2, 0.25) is 0 Å². The van der Waals surface area contributed by atoms with E-state index in [-0.39, 0.29) is 30.2 Å². The average Bonchev–Trinajstić information content (AvgIpc) is 2.75. The molecule has 0 saturated heterocycles. The lowest BCUT2D eigenvalue weighted by Crippen LogP contribution is -2.14. The van der Waals surface area contributed by atoms with Gasteiger partial charge in [0.25, 0.3) is 0 Å². The summed E-state index contributed by atoms with van der Waals surface area (Å²) >= 11 is 0. The van der Waals surface area contributed by atoms with Gasteiger partial charge in [-0.2, -0.15) is 0 Å². The van der Waals surface area contributed by atoms with Gasteiger partial charge in [0, 0.05) is 24.4 Å². The molecule has 9 heteroatoms. The predicted molar refractivity (Wildman–Crippen MR) is 120 cm³/mol. The number of nitrogens with zero attached hydrogens (tertiary/aromatic N) is 1. The monoisotopic (exact) mass is 438 g/mol. The molecule has 1 heterocycles. The first-order valence-electron chi connectivity index (χ1n) is 9.76. The van der Waals surface area contributed by atoms with Gasteiger partial charge in [-0.05, 0) is 42.7 Å². The normalized spacial score (nSPS) is 10.6. The first-order chi connectivity index (χ1) is 15.2. The van der Waals surface area contributed by atoms with Crippen molar-refractivity contribution in [3.8, 4) is 5.75 Å². The minimum absolute atomic E-state index is 0.0195. The Morgan fingerprint density at radius 2 is 1.81 bits per heavy atom. The highest BCUT2D eigenvalue weighted by Gasteiger charge is 2.14. The maximum atomic E-state index is 14.3. The molecule has 1 aromatic heterocycles. The van der Waals surface area contributed by atoms with Crippen molar-refractivity contribution < 1.29 is 13.5 Å². The molecular formula is C23H24F2N6O. The van der Waals surface area contributed by atoms with E-state index in [1.165, 1.54) is 0 Å². The lowest BCUT2D eigenvalue weighted by molar-refractivity contribution is 0.300. The van der Waals surface area contributed by atoms with Gasteiger partial charge in [-0.25, -0.2) is 8.78 Å². The van der Waals surface area contributed by atoms with Gasteiger partial charge in [-0.1, -0.05) is 18.2 Å². The van der Waals surface area contributed by atoms with Gasteiger partial charge in [0.1, 0.15) is 35.7 Å². The summed E-state index contributed by atoms with van der Waals surface area (Å²) in [6, 6.07) is 9.08. The molecule has 0 saturated carbocycles. The lowest BCUT2D eigenvalue weighted by atomic mass is 10.1. The standard InChI is InChI=1S/C23H24F2N6O/c1-12-16(10-31-20-8-18(24)17(23(28)29)7-19(20)25)9-30-13(2)21(12)32-11-14-4-3-5-15(6-14)22(26)27/h3-9,31H,10-11H2,1-2H3,(H3,26,27)(H3,28,29). The molecule has 2 aromatic carbocycles. The van der Waals surface area contributed by atoms with Crippen molar-refractivity contribution in [2.75, 3.05) is 5.32 Å². The number of ether oxygens (including phenoxy) is 1. The number of hydrogen-bond donors (Lipinski definition) is 5. The van der Waals surface area contributed by atoms with Crippen LogP contribution in [0.3, 0.4) is 0 Å². The molecule has 7 N–H and O–H groups in total. The quantitative estimate of drug-likeness (QED) is 0.270. The van der Waals surface area contributed by atoms with Crippen molar-refractivity contribution in [1.29, 1.82) is 10.8 Å². The van der Waals surface area contributed by atoms with Crippen LogP contribution < -0.4 is 21.5 Å². The number of anilines is 1. The van der Waals surface area contributed by atoms with Gasteiger partial charge in [0.05, 0.1) is 16.9 Å². The minimum Gasteiger partial charge on any atom is -0.487 e. The zero-order chi connectivity index (χ0) is 23.4. The van der Waals surface area contributed by atoms with E-state index >= 15 is 0 Å². The van der Waals surface area contributed by atoms with Crippen molar-refractivity contribution in [1.82, 2.24) is 4.98 Å². The number of nitrogens with two attached hydrogens (primary N) is 2. The van der Waals surface area contributed by atoms with Crippen molar-refractivity contribution in [3.63, 3.8) is 0 Å². The van der Waals surface area contributed by atoms with E-state index < -0.39 is 17.5 Å². The van der Waals surface area contributed by atoms with Crippen LogP contribution in [0.15, 0.2) is 42.6 Å². The molecule has 7 nitrogen and oxygen atoms in total. The minimum atomic E-state index is -0.781. The van der Waals surface area contributed by atoms with Crippen molar-refractivity contribution >= 4 is 17.4 Å². The Kier molecular flexibility index (Phi) is 6.67. The fourth-order valence-electron chi connectivity index (χ4n) is 3.20. The van der Waals surface area contributed by atoms with Crippen LogP contribution in [0.2, 0.25) is 0 Å². The number of pyridine rings is 1. The molecule has 32 heavy (non-hydrogen) atoms. The fourth-order valence-corrected chi connectivity index (χ4v) is 3.20. The molecule has 0 aliphatic carbocycles. The number of aromatic nitrogens is 1. The third-order valence-corrected chi connectivity index (χ3v) is 5.00. The van der Waals surface area contributed by atoms with Gasteiger partial charge in [-0.3, -0.25) is 15.8 Å². The Labute approximate surface area is 184 Å². The molecule has 166 valence electrons. The first kappa shape index (κ1) is 22.7. The van der Waals surface area contributed by atoms with Gasteiger partial charge >= 0.3 is 0 Å². The van der Waals surface area contributed by atoms with E-state index in [0.29, 0.717) is 17.0 Å². The highest BCUT2D eigenvalue weighted by molar-refractivity contribution is 5.95. The smallest absolute Gasteiger partial charge is 0.147 e. The molecule has 0 bridgehead atoms. The van der Waals surface area contributed by atoms with Crippen LogP contribution >= 0.6 is 0 Å². The second-order valence-corrected chi connectivity index (χ2v) is 7.30. The summed E-state index contributed by atoms with van der Waals surface area (Å²) < 4.78 is 34.3. The van der Waals surface area contributed by atoms with Crippen molar-refractivity contribution in [2.24, 2.45) is 11.5 Å². The average molecular weight is 438 g/mol. The summed E-state index contributed by atoms with van der Waals surface area (Å²) in [5.74, 6) is -1.46. The maximum Gasteiger partial charge on any atom is 0.147 e. The number of halogens is 2. The third kappa shape index (κ3) is 5.00. The summed E-state index contributed by atoms with van der Waals surface area (Å²) in [5, 5.41) is 17.7. The number of nitrogens with one attached hydrogen (secondary N) is 3. The third-order valence-electron chi connectivity index (χ3n) is 5.00. The SMILES string of the molecule is Cc1ncc(CNc2cc(F)c(C(=N)N)cc2F)c(C)c1OCc1cccc(C(=N)N)c1. The number of aryl methyl sites for hydroxylation is 1. The van der Waals surface area contributed by atoms with Crippen molar-refractivity contribution in [3.05, 3.63) is 87.7 Å². The van der Waals surface area contributed by atoms with Crippen LogP contribution in [0.1, 0.15) is 33.5 Å². The second kappa shape index (κ2) is 9.42. The van der Waals surface area contributed by atoms with Crippen LogP contribution in [0.5, 0.6) is 5.75 Å². The molecule has 0 unspecified atom stereocenters. The molecule has 0 fully saturated rings. The van der Waals surface area contributed by atoms with Crippen LogP contribution in [0, 0.1) is 36.3 Å². The Morgan fingerprint density at radius 1 is 1.06 bits per heavy atom. The summed E-state index contributed by atoms with van der Waals surface area (Å²) in [5.41, 5.74) is 14.2. The Morgan fingerprint density at radius 3 is 2.50 bits per heavy atom. The molecular weight excluding hydrogens is 414 g/mol. The topological polar surface area (TPSA) is 134 Å². The number of nitrogen functional groups attached to an aromatic ring is 2. The number of amidine groups is 2. The highest BCUT2D eigenvalue weighted by atomic mass is 19.1. The summed E-state index contributed by atoms with van der Waals surface area (Å²) in [6.07, 6.45) is 1.65. The molecule has 0 amide bonds. The number of rotatable bonds is 8. The van der Waals surface area contributed by atoms with Crippen LogP contribution in [0.4, 0.5) is 14.5 Å². The van der Waals surface area contributed by atoms with E-state index in [1.54, 1.807) is 24.4 Å². The second-order valence-electron chi connectivity index (χ2n) is 7.30. The van der Waals surface area contributed by atoms with E-state index in [4.69, 9.17) is 27.0 Å². The Bertz CT molecular complexity index is 1200. The van der Waals surface area contributed by atoms with Gasteiger partial charge in [-0.15, -0.1) is 0 Å². The first-order valence-corrected chi connectivity index (χ1v) is 9.76. The Hall–Kier alpha value is -4.01. The predicted octanol–water partition coefficient (Wildman–Crippen LogP) is 3.74. The molecule has 0 aliphatic heterocycles. The van der Waals surface area contributed by atoms with E-state index in [0.717, 1.165) is 28.8 Å². The molecule has 0 spiro atoms. The number of benzene rings is 2. The fraction of sp³-hybridized carbons (Fsp3) is 0.174. The van der Waals surface area contributed by atoms with Crippen LogP contribution in [0.25, 0.3) is 0 Å². The zero-order valence-corrected chi connectivity index (χ0v) is 17.7. The van der Waals surface area contributed by atoms with Crippen LogP contribution in [-0.2, 0) is 13.2 Å². The van der Waals surface area contributed by atoms with E-state index in [1.807, 2.05) is 19.9 Å². The molecule has 3 aromatic rings. The van der Waals surface area contributed by atoms with Crippen LogP contribution in [-0.4, -0.2) is 16.7 Å². The Balaban J connectivity index is 1.77. The van der Waals surface area contributed by atoms with E-state index in [2.05, 4.69) is 10.3 Å². The zero-order valence-electron chi connectivity index (χ0n) is 17.7. The number of hydrogen-bond acceptors (Lipinski definition) is 5. The summed E-state index contributed by atoms with van der Waals surface area (Å²) in [6.45, 7) is 4.13.